The van der Waals surface area contributed by atoms with Gasteiger partial charge in [0.05, 0.1) is 13.2 Å². The summed E-state index contributed by atoms with van der Waals surface area (Å²) in [4.78, 5) is 0. The maximum absolute atomic E-state index is 5.86. The van der Waals surface area contributed by atoms with E-state index in [2.05, 4.69) is 24.3 Å². The Morgan fingerprint density at radius 2 is 1.35 bits per heavy atom. The Labute approximate surface area is 155 Å². The van der Waals surface area contributed by atoms with Crippen LogP contribution < -0.4 is 14.2 Å². The molecule has 0 saturated heterocycles. The van der Waals surface area contributed by atoms with Crippen LogP contribution in [0.3, 0.4) is 0 Å². The third-order valence-electron chi connectivity index (χ3n) is 3.98. The number of benzene rings is 3. The van der Waals surface area contributed by atoms with Crippen molar-refractivity contribution in [1.82, 2.24) is 0 Å². The van der Waals surface area contributed by atoms with Gasteiger partial charge in [-0.25, -0.2) is 0 Å². The van der Waals surface area contributed by atoms with Gasteiger partial charge in [-0.15, -0.1) is 0 Å². The summed E-state index contributed by atoms with van der Waals surface area (Å²) in [6, 6.07) is 24.2. The first-order valence-corrected chi connectivity index (χ1v) is 8.97. The number of ether oxygens (including phenoxy) is 3. The lowest BCUT2D eigenvalue weighted by molar-refractivity contribution is 0.306. The molecule has 0 N–H and O–H groups in total. The molecule has 3 aromatic rings. The second kappa shape index (κ2) is 8.95. The van der Waals surface area contributed by atoms with Crippen molar-refractivity contribution in [3.05, 3.63) is 78.4 Å². The van der Waals surface area contributed by atoms with E-state index in [1.807, 2.05) is 62.4 Å². The van der Waals surface area contributed by atoms with Crippen molar-refractivity contribution < 1.29 is 14.2 Å². The Bertz CT molecular complexity index is 811. The summed E-state index contributed by atoms with van der Waals surface area (Å²) < 4.78 is 17.2. The van der Waals surface area contributed by atoms with Crippen LogP contribution in [-0.4, -0.2) is 13.2 Å². The molecule has 134 valence electrons. The zero-order valence-electron chi connectivity index (χ0n) is 15.3. The van der Waals surface area contributed by atoms with Crippen molar-refractivity contribution >= 4 is 0 Å². The van der Waals surface area contributed by atoms with Crippen LogP contribution in [0.1, 0.15) is 19.4 Å². The molecule has 0 atom stereocenters. The third-order valence-corrected chi connectivity index (χ3v) is 3.98. The summed E-state index contributed by atoms with van der Waals surface area (Å²) in [5.74, 6) is 2.50. The van der Waals surface area contributed by atoms with Crippen LogP contribution in [0.15, 0.2) is 72.8 Å². The second-order valence-corrected chi connectivity index (χ2v) is 5.82. The van der Waals surface area contributed by atoms with Crippen molar-refractivity contribution in [2.75, 3.05) is 13.2 Å². The van der Waals surface area contributed by atoms with Crippen molar-refractivity contribution in [2.45, 2.75) is 20.5 Å². The van der Waals surface area contributed by atoms with Gasteiger partial charge in [-0.1, -0.05) is 42.5 Å². The van der Waals surface area contributed by atoms with Crippen molar-refractivity contribution in [3.8, 4) is 28.4 Å². The minimum atomic E-state index is 0.563. The Morgan fingerprint density at radius 1 is 0.654 bits per heavy atom. The van der Waals surface area contributed by atoms with E-state index in [9.17, 15) is 0 Å². The minimum Gasteiger partial charge on any atom is -0.494 e. The zero-order chi connectivity index (χ0) is 18.2. The average molecular weight is 348 g/mol. The average Bonchev–Trinajstić information content (AvgIpc) is 2.69. The Hall–Kier alpha value is -2.94. The van der Waals surface area contributed by atoms with Gasteiger partial charge >= 0.3 is 0 Å². The van der Waals surface area contributed by atoms with E-state index in [0.29, 0.717) is 19.8 Å². The van der Waals surface area contributed by atoms with Gasteiger partial charge < -0.3 is 14.2 Å². The van der Waals surface area contributed by atoms with Crippen molar-refractivity contribution in [3.63, 3.8) is 0 Å². The van der Waals surface area contributed by atoms with Crippen LogP contribution >= 0.6 is 0 Å². The quantitative estimate of drug-likeness (QED) is 0.520. The highest BCUT2D eigenvalue weighted by molar-refractivity contribution is 5.72. The highest BCUT2D eigenvalue weighted by Gasteiger charge is 2.09. The van der Waals surface area contributed by atoms with Crippen LogP contribution in [0, 0.1) is 0 Å². The molecule has 0 radical (unpaired) electrons. The summed E-state index contributed by atoms with van der Waals surface area (Å²) in [5.41, 5.74) is 3.29. The molecular weight excluding hydrogens is 324 g/mol. The lowest BCUT2D eigenvalue weighted by Crippen LogP contribution is -1.97. The molecule has 0 amide bonds. The number of hydrogen-bond donors (Lipinski definition) is 0. The second-order valence-electron chi connectivity index (χ2n) is 5.82. The normalized spacial score (nSPS) is 10.4. The van der Waals surface area contributed by atoms with E-state index >= 15 is 0 Å². The highest BCUT2D eigenvalue weighted by atomic mass is 16.5. The topological polar surface area (TPSA) is 27.7 Å². The van der Waals surface area contributed by atoms with Gasteiger partial charge in [0.15, 0.2) is 0 Å². The standard InChI is InChI=1S/C23H24O3/c1-3-24-21-14-15-22(23(16-21)25-4-2)19-10-12-20(13-11-19)26-17-18-8-6-5-7-9-18/h5-16H,3-4,17H2,1-2H3. The maximum atomic E-state index is 5.86. The van der Waals surface area contributed by atoms with Gasteiger partial charge in [-0.2, -0.15) is 0 Å². The van der Waals surface area contributed by atoms with E-state index in [-0.39, 0.29) is 0 Å². The zero-order valence-corrected chi connectivity index (χ0v) is 15.3. The van der Waals surface area contributed by atoms with E-state index in [4.69, 9.17) is 14.2 Å². The van der Waals surface area contributed by atoms with Gasteiger partial charge in [0.25, 0.3) is 0 Å². The summed E-state index contributed by atoms with van der Waals surface area (Å²) in [6.07, 6.45) is 0. The molecular formula is C23H24O3. The van der Waals surface area contributed by atoms with E-state index in [0.717, 1.165) is 33.9 Å². The summed E-state index contributed by atoms with van der Waals surface area (Å²) in [5, 5.41) is 0. The first kappa shape index (κ1) is 17.9. The third kappa shape index (κ3) is 4.57. The Morgan fingerprint density at radius 3 is 2.04 bits per heavy atom. The fraction of sp³-hybridized carbons (Fsp3) is 0.217. The van der Waals surface area contributed by atoms with Crippen LogP contribution in [0.4, 0.5) is 0 Å². The molecule has 26 heavy (non-hydrogen) atoms. The molecule has 3 nitrogen and oxygen atoms in total. The fourth-order valence-electron chi connectivity index (χ4n) is 2.74. The molecule has 0 aliphatic carbocycles. The molecule has 3 aromatic carbocycles. The van der Waals surface area contributed by atoms with Crippen LogP contribution in [-0.2, 0) is 6.61 Å². The summed E-state index contributed by atoms with van der Waals surface area (Å²) >= 11 is 0. The Balaban J connectivity index is 1.75. The lowest BCUT2D eigenvalue weighted by Gasteiger charge is -2.13. The number of rotatable bonds is 8. The SMILES string of the molecule is CCOc1ccc(-c2ccc(OCc3ccccc3)cc2)c(OCC)c1. The predicted molar refractivity (Wildman–Crippen MR) is 105 cm³/mol. The van der Waals surface area contributed by atoms with Crippen LogP contribution in [0.2, 0.25) is 0 Å². The molecule has 3 heteroatoms. The molecule has 0 unspecified atom stereocenters. The lowest BCUT2D eigenvalue weighted by atomic mass is 10.0. The van der Waals surface area contributed by atoms with Gasteiger partial charge in [-0.3, -0.25) is 0 Å². The first-order valence-electron chi connectivity index (χ1n) is 8.97. The highest BCUT2D eigenvalue weighted by Crippen LogP contribution is 2.34. The molecule has 0 bridgehead atoms. The molecule has 0 aromatic heterocycles. The number of hydrogen-bond acceptors (Lipinski definition) is 3. The van der Waals surface area contributed by atoms with Crippen molar-refractivity contribution in [2.24, 2.45) is 0 Å². The smallest absolute Gasteiger partial charge is 0.130 e. The molecule has 0 saturated carbocycles. The fourth-order valence-corrected chi connectivity index (χ4v) is 2.74. The minimum absolute atomic E-state index is 0.563. The molecule has 0 fully saturated rings. The molecule has 3 rings (SSSR count). The van der Waals surface area contributed by atoms with E-state index in [1.54, 1.807) is 0 Å². The van der Waals surface area contributed by atoms with Crippen LogP contribution in [0.5, 0.6) is 17.2 Å². The summed E-state index contributed by atoms with van der Waals surface area (Å²) in [7, 11) is 0. The maximum Gasteiger partial charge on any atom is 0.130 e. The Kier molecular flexibility index (Phi) is 6.15. The van der Waals surface area contributed by atoms with Crippen LogP contribution in [0.25, 0.3) is 11.1 Å². The van der Waals surface area contributed by atoms with Crippen molar-refractivity contribution in [1.29, 1.82) is 0 Å². The monoisotopic (exact) mass is 348 g/mol. The van der Waals surface area contributed by atoms with Gasteiger partial charge in [0, 0.05) is 11.6 Å². The largest absolute Gasteiger partial charge is 0.494 e. The van der Waals surface area contributed by atoms with Gasteiger partial charge in [0.2, 0.25) is 0 Å². The molecule has 0 aliphatic heterocycles. The molecule has 0 heterocycles. The van der Waals surface area contributed by atoms with E-state index < -0.39 is 0 Å². The van der Waals surface area contributed by atoms with Gasteiger partial charge in [0.1, 0.15) is 23.9 Å². The van der Waals surface area contributed by atoms with E-state index in [1.165, 1.54) is 0 Å². The summed E-state index contributed by atoms with van der Waals surface area (Å²) in [6.45, 7) is 5.77. The predicted octanol–water partition coefficient (Wildman–Crippen LogP) is 5.73. The van der Waals surface area contributed by atoms with Gasteiger partial charge in [-0.05, 0) is 49.2 Å². The molecule has 0 aliphatic rings. The first-order chi connectivity index (χ1) is 12.8. The molecule has 0 spiro atoms.